The molecule has 1 aromatic carbocycles. The zero-order valence-electron chi connectivity index (χ0n) is 11.9. The van der Waals surface area contributed by atoms with Crippen LogP contribution in [0, 0.1) is 0 Å². The van der Waals surface area contributed by atoms with Crippen LogP contribution in [0.25, 0.3) is 0 Å². The molecule has 3 amide bonds. The van der Waals surface area contributed by atoms with Crippen molar-refractivity contribution in [1.29, 1.82) is 0 Å². The smallest absolute Gasteiger partial charge is 0.275 e. The Labute approximate surface area is 122 Å². The highest BCUT2D eigenvalue weighted by atomic mass is 16.2. The van der Waals surface area contributed by atoms with Gasteiger partial charge < -0.3 is 10.2 Å². The van der Waals surface area contributed by atoms with E-state index in [0.29, 0.717) is 17.2 Å². The number of hydrogen-bond donors (Lipinski definition) is 2. The molecular weight excluding hydrogens is 270 g/mol. The molecule has 1 aliphatic heterocycles. The Hall–Kier alpha value is -2.21. The molecule has 1 saturated carbocycles. The van der Waals surface area contributed by atoms with Crippen molar-refractivity contribution in [2.75, 3.05) is 20.3 Å². The van der Waals surface area contributed by atoms with Gasteiger partial charge in [0.1, 0.15) is 0 Å². The van der Waals surface area contributed by atoms with Crippen LogP contribution in [0.2, 0.25) is 0 Å². The number of imide groups is 1. The minimum absolute atomic E-state index is 0.0355. The summed E-state index contributed by atoms with van der Waals surface area (Å²) in [6, 6.07) is 7.13. The summed E-state index contributed by atoms with van der Waals surface area (Å²) >= 11 is 0. The average Bonchev–Trinajstić information content (AvgIpc) is 3.23. The molecule has 1 aromatic rings. The number of fused-ring (bicyclic) bond motifs is 1. The fourth-order valence-electron chi connectivity index (χ4n) is 2.49. The van der Waals surface area contributed by atoms with Gasteiger partial charge in [0.05, 0.1) is 18.2 Å². The molecule has 0 aromatic heterocycles. The molecule has 110 valence electrons. The molecular formula is C15H18N3O3+. The molecule has 0 spiro atoms. The number of hydrogen-bond acceptors (Lipinski definition) is 3. The van der Waals surface area contributed by atoms with Crippen LogP contribution in [0.1, 0.15) is 33.6 Å². The van der Waals surface area contributed by atoms with E-state index in [-0.39, 0.29) is 30.9 Å². The van der Waals surface area contributed by atoms with Gasteiger partial charge in [0.2, 0.25) is 0 Å². The third-order valence-electron chi connectivity index (χ3n) is 3.71. The van der Waals surface area contributed by atoms with Crippen LogP contribution < -0.4 is 10.2 Å². The SMILES string of the molecule is C[NH+](CC(=O)NC1CC1)CN1C(=O)c2ccccc2C1=O. The van der Waals surface area contributed by atoms with Gasteiger partial charge in [0.15, 0.2) is 13.2 Å². The van der Waals surface area contributed by atoms with Gasteiger partial charge in [-0.3, -0.25) is 14.4 Å². The molecule has 0 radical (unpaired) electrons. The first-order chi connectivity index (χ1) is 10.1. The number of quaternary nitrogens is 1. The second kappa shape index (κ2) is 5.29. The van der Waals surface area contributed by atoms with Gasteiger partial charge in [0.25, 0.3) is 17.7 Å². The molecule has 3 rings (SSSR count). The van der Waals surface area contributed by atoms with Crippen LogP contribution in [0.15, 0.2) is 24.3 Å². The fraction of sp³-hybridized carbons (Fsp3) is 0.400. The molecule has 6 nitrogen and oxygen atoms in total. The molecule has 1 aliphatic carbocycles. The molecule has 0 saturated heterocycles. The number of nitrogens with zero attached hydrogens (tertiary/aromatic N) is 1. The summed E-state index contributed by atoms with van der Waals surface area (Å²) in [6.45, 7) is 0.453. The minimum Gasteiger partial charge on any atom is -0.348 e. The highest BCUT2D eigenvalue weighted by Crippen LogP contribution is 2.21. The zero-order valence-corrected chi connectivity index (χ0v) is 11.9. The van der Waals surface area contributed by atoms with E-state index >= 15 is 0 Å². The topological polar surface area (TPSA) is 70.9 Å². The first-order valence-electron chi connectivity index (χ1n) is 7.12. The van der Waals surface area contributed by atoms with Crippen LogP contribution >= 0.6 is 0 Å². The predicted molar refractivity (Wildman–Crippen MR) is 74.7 cm³/mol. The third kappa shape index (κ3) is 2.80. The lowest BCUT2D eigenvalue weighted by molar-refractivity contribution is -0.878. The van der Waals surface area contributed by atoms with E-state index in [9.17, 15) is 14.4 Å². The Bertz CT molecular complexity index is 575. The molecule has 1 fully saturated rings. The number of rotatable bonds is 5. The van der Waals surface area contributed by atoms with Gasteiger partial charge in [0, 0.05) is 6.04 Å². The predicted octanol–water partition coefficient (Wildman–Crippen LogP) is -0.967. The van der Waals surface area contributed by atoms with E-state index in [4.69, 9.17) is 0 Å². The molecule has 6 heteroatoms. The summed E-state index contributed by atoms with van der Waals surface area (Å²) < 4.78 is 0. The van der Waals surface area contributed by atoms with Crippen molar-refractivity contribution in [3.05, 3.63) is 35.4 Å². The number of carbonyl (C=O) groups is 3. The molecule has 0 bridgehead atoms. The molecule has 1 atom stereocenters. The normalized spacial score (nSPS) is 18.6. The summed E-state index contributed by atoms with van der Waals surface area (Å²) in [5.41, 5.74) is 0.885. The Morgan fingerprint density at radius 3 is 2.33 bits per heavy atom. The maximum absolute atomic E-state index is 12.2. The number of carbonyl (C=O) groups excluding carboxylic acids is 3. The highest BCUT2D eigenvalue weighted by Gasteiger charge is 2.37. The Morgan fingerprint density at radius 2 is 1.81 bits per heavy atom. The van der Waals surface area contributed by atoms with Crippen LogP contribution in [0.4, 0.5) is 0 Å². The lowest BCUT2D eigenvalue weighted by atomic mass is 10.1. The van der Waals surface area contributed by atoms with Gasteiger partial charge >= 0.3 is 0 Å². The summed E-state index contributed by atoms with van der Waals surface area (Å²) in [7, 11) is 1.80. The fourth-order valence-corrected chi connectivity index (χ4v) is 2.49. The minimum atomic E-state index is -0.280. The third-order valence-corrected chi connectivity index (χ3v) is 3.71. The quantitative estimate of drug-likeness (QED) is 0.685. The van der Waals surface area contributed by atoms with Crippen molar-refractivity contribution in [3.8, 4) is 0 Å². The molecule has 2 aliphatic rings. The van der Waals surface area contributed by atoms with Crippen molar-refractivity contribution < 1.29 is 19.3 Å². The lowest BCUT2D eigenvalue weighted by Gasteiger charge is -2.19. The average molecular weight is 288 g/mol. The van der Waals surface area contributed by atoms with E-state index < -0.39 is 0 Å². The Kier molecular flexibility index (Phi) is 3.47. The van der Waals surface area contributed by atoms with Crippen molar-refractivity contribution in [3.63, 3.8) is 0 Å². The van der Waals surface area contributed by atoms with Crippen LogP contribution in [0.5, 0.6) is 0 Å². The van der Waals surface area contributed by atoms with Crippen molar-refractivity contribution in [2.24, 2.45) is 0 Å². The van der Waals surface area contributed by atoms with E-state index in [1.807, 2.05) is 0 Å². The van der Waals surface area contributed by atoms with E-state index in [2.05, 4.69) is 5.32 Å². The number of nitrogens with one attached hydrogen (secondary N) is 2. The maximum Gasteiger partial charge on any atom is 0.275 e. The van der Waals surface area contributed by atoms with E-state index in [1.54, 1.807) is 31.3 Å². The number of likely N-dealkylation sites (N-methyl/N-ethyl adjacent to an activating group) is 1. The standard InChI is InChI=1S/C15H17N3O3/c1-17(8-13(19)16-10-6-7-10)9-18-14(20)11-4-2-3-5-12(11)15(18)21/h2-5,10H,6-9H2,1H3,(H,16,19)/p+1. The maximum atomic E-state index is 12.2. The first kappa shape index (κ1) is 13.8. The lowest BCUT2D eigenvalue weighted by Crippen LogP contribution is -3.12. The van der Waals surface area contributed by atoms with Crippen molar-refractivity contribution in [2.45, 2.75) is 18.9 Å². The summed E-state index contributed by atoms with van der Waals surface area (Å²) in [5.74, 6) is -0.596. The largest absolute Gasteiger partial charge is 0.348 e. The first-order valence-corrected chi connectivity index (χ1v) is 7.12. The van der Waals surface area contributed by atoms with Gasteiger partial charge in [-0.15, -0.1) is 0 Å². The summed E-state index contributed by atoms with van der Waals surface area (Å²) in [5, 5.41) is 2.90. The Morgan fingerprint density at radius 1 is 1.24 bits per heavy atom. The monoisotopic (exact) mass is 288 g/mol. The van der Waals surface area contributed by atoms with E-state index in [0.717, 1.165) is 17.7 Å². The second-order valence-corrected chi connectivity index (χ2v) is 5.72. The second-order valence-electron chi connectivity index (χ2n) is 5.72. The number of benzene rings is 1. The molecule has 21 heavy (non-hydrogen) atoms. The highest BCUT2D eigenvalue weighted by molar-refractivity contribution is 6.21. The summed E-state index contributed by atoms with van der Waals surface area (Å²) in [4.78, 5) is 38.2. The number of amides is 3. The molecule has 1 unspecified atom stereocenters. The van der Waals surface area contributed by atoms with Crippen molar-refractivity contribution >= 4 is 17.7 Å². The van der Waals surface area contributed by atoms with Crippen LogP contribution in [0.3, 0.4) is 0 Å². The van der Waals surface area contributed by atoms with Crippen molar-refractivity contribution in [1.82, 2.24) is 10.2 Å². The van der Waals surface area contributed by atoms with Gasteiger partial charge in [-0.25, -0.2) is 4.90 Å². The van der Waals surface area contributed by atoms with Crippen LogP contribution in [-0.4, -0.2) is 48.9 Å². The Balaban J connectivity index is 1.61. The van der Waals surface area contributed by atoms with Crippen LogP contribution in [-0.2, 0) is 4.79 Å². The van der Waals surface area contributed by atoms with Gasteiger partial charge in [-0.2, -0.15) is 0 Å². The van der Waals surface area contributed by atoms with E-state index in [1.165, 1.54) is 4.90 Å². The summed E-state index contributed by atoms with van der Waals surface area (Å²) in [6.07, 6.45) is 2.09. The van der Waals surface area contributed by atoms with Gasteiger partial charge in [-0.05, 0) is 25.0 Å². The molecule has 1 heterocycles. The molecule has 2 N–H and O–H groups in total. The van der Waals surface area contributed by atoms with Gasteiger partial charge in [-0.1, -0.05) is 12.1 Å². The zero-order chi connectivity index (χ0) is 15.0.